The molecule has 0 rings (SSSR count). The van der Waals surface area contributed by atoms with Crippen LogP contribution in [0.4, 0.5) is 0 Å². The van der Waals surface area contributed by atoms with Gasteiger partial charge in [0.15, 0.2) is 0 Å². The Labute approximate surface area is 750 Å². The van der Waals surface area contributed by atoms with Crippen molar-refractivity contribution in [2.45, 2.75) is 342 Å². The number of hydrogen-bond acceptors (Lipinski definition) is 29. The van der Waals surface area contributed by atoms with Gasteiger partial charge in [0.05, 0.1) is 139 Å². The van der Waals surface area contributed by atoms with Crippen molar-refractivity contribution in [3.05, 3.63) is 0 Å². The van der Waals surface area contributed by atoms with Gasteiger partial charge in [0, 0.05) is 62.4 Å². The van der Waals surface area contributed by atoms with Gasteiger partial charge >= 0.3 is 126 Å². The molecule has 4 N–H and O–H groups in total. The van der Waals surface area contributed by atoms with E-state index in [1.165, 1.54) is 0 Å². The SMILES string of the molecule is CCC(C)OCC(=O)O.CCC(C)OCC(=O)[O-].CCC(C)OCC(CC(=O)O)CC(=O)O.CCC(C)OCC(CC(=O)[O-])CC(=O)[O-].CCC(C)OCCCC(=O)O.CCC(C)OCCCC(=O)[O-].CCOC(=O)CC(COC(C)CC)CC(=O)OCC.CCOC(=O)CCCOC(C)CC.CCOC(=O)COC(C)CC.[Na+].[Na+].[Zn+2]. The van der Waals surface area contributed by atoms with Crippen molar-refractivity contribution in [3.8, 4) is 0 Å². The summed E-state index contributed by atoms with van der Waals surface area (Å²) in [6.07, 6.45) is 11.3. The van der Waals surface area contributed by atoms with E-state index in [1.807, 2.05) is 125 Å². The molecule has 33 nitrogen and oxygen atoms in total. The third kappa shape index (κ3) is 128. The summed E-state index contributed by atoms with van der Waals surface area (Å²) in [5.41, 5.74) is 0. The standard InChI is InChI=1S/C14H26O5.2C10H18O5.C10H20O3.3C8H16O3.2C6H12O3.2Na.Zn/c1-5-11(4)19-10-12(8-13(15)17-6-2)9-14(16)18-7-3;2*1-3-7(2)15-6-8(4-9(11)12)5-10(13)14;1-4-9(3)13-8-6-7-10(11)12-5-2;1-4-7(3)11-6-8(9)10-5-2;2*1-3-7(2)11-6-4-5-8(9)10;2*1-3-5(2)9-4-6(7)8;;;/h11-12H,5-10H2,1-4H3;2*7-8H,3-6H2,1-2H3,(H,11,12)(H,13,14);9H,4-8H2,1-3H3;7H,4-6H2,1-3H3;2*7H,3-6H2,1-2H3,(H,9,10);2*5H,3-4H2,1-2H3,(H,7,8);;;/q;;;;;;;;;2*+1;+2/p-4. The van der Waals surface area contributed by atoms with Crippen molar-refractivity contribution in [2.75, 3.05) is 85.9 Å². The Balaban J connectivity index is -0.000000106. The minimum absolute atomic E-state index is 0. The molecule has 0 bridgehead atoms. The number of hydrogen-bond donors (Lipinski definition) is 4. The molecule has 9 atom stereocenters. The third-order valence-corrected chi connectivity index (χ3v) is 15.2. The maximum Gasteiger partial charge on any atom is 2.00 e. The van der Waals surface area contributed by atoms with Gasteiger partial charge in [-0.15, -0.1) is 0 Å². The van der Waals surface area contributed by atoms with Crippen LogP contribution >= 0.6 is 0 Å². The number of carbonyl (C=O) groups excluding carboxylic acids is 8. The van der Waals surface area contributed by atoms with Gasteiger partial charge < -0.3 is 122 Å². The van der Waals surface area contributed by atoms with E-state index in [2.05, 4.69) is 11.7 Å². The summed E-state index contributed by atoms with van der Waals surface area (Å²) in [5, 5.41) is 73.9. The summed E-state index contributed by atoms with van der Waals surface area (Å²) < 4.78 is 66.2. The van der Waals surface area contributed by atoms with E-state index in [0.717, 1.165) is 64.2 Å². The van der Waals surface area contributed by atoms with Gasteiger partial charge in [0.25, 0.3) is 0 Å². The zero-order valence-corrected chi connectivity index (χ0v) is 82.3. The number of aliphatic carboxylic acids is 8. The fourth-order valence-corrected chi connectivity index (χ4v) is 6.99. The molecule has 0 amide bonds. The number of rotatable bonds is 58. The van der Waals surface area contributed by atoms with Crippen LogP contribution in [0, 0.1) is 17.8 Å². The zero-order chi connectivity index (χ0) is 89.1. The molecule has 0 fully saturated rings. The minimum Gasteiger partial charge on any atom is -0.550 e. The maximum atomic E-state index is 11.5. The van der Waals surface area contributed by atoms with Crippen LogP contribution in [-0.2, 0) is 139 Å². The molecule has 0 aromatic heterocycles. The van der Waals surface area contributed by atoms with Crippen LogP contribution in [0.25, 0.3) is 0 Å². The normalized spacial score (nSPS) is 12.4. The second-order valence-corrected chi connectivity index (χ2v) is 25.9. The minimum atomic E-state index is -1.27. The summed E-state index contributed by atoms with van der Waals surface area (Å²) in [5.74, 6) is -10.6. The predicted octanol–water partition coefficient (Wildman–Crippen LogP) is 2.34. The molecule has 0 aliphatic carbocycles. The molecule has 116 heavy (non-hydrogen) atoms. The van der Waals surface area contributed by atoms with E-state index in [0.29, 0.717) is 78.2 Å². The van der Waals surface area contributed by atoms with Crippen molar-refractivity contribution in [2.24, 2.45) is 17.8 Å². The molecule has 672 valence electrons. The van der Waals surface area contributed by atoms with Gasteiger partial charge in [-0.3, -0.25) is 28.8 Å². The molecule has 0 radical (unpaired) electrons. The van der Waals surface area contributed by atoms with Crippen LogP contribution in [0.1, 0.15) is 287 Å². The van der Waals surface area contributed by atoms with Crippen LogP contribution in [0.2, 0.25) is 0 Å². The first-order chi connectivity index (χ1) is 53.0. The Kier molecular flexibility index (Phi) is 121. The molecule has 0 heterocycles. The quantitative estimate of drug-likeness (QED) is 0.0294. The van der Waals surface area contributed by atoms with E-state index >= 15 is 0 Å². The summed E-state index contributed by atoms with van der Waals surface area (Å²) in [6, 6.07) is 0. The number of carbonyl (C=O) groups is 12. The van der Waals surface area contributed by atoms with Crippen molar-refractivity contribution < 1.29 is 239 Å². The van der Waals surface area contributed by atoms with E-state index in [-0.39, 0.29) is 242 Å². The van der Waals surface area contributed by atoms with Crippen LogP contribution in [0.15, 0.2) is 0 Å². The largest absolute Gasteiger partial charge is 2.00 e. The predicted molar refractivity (Wildman–Crippen MR) is 414 cm³/mol. The van der Waals surface area contributed by atoms with Gasteiger partial charge in [-0.25, -0.2) is 9.59 Å². The van der Waals surface area contributed by atoms with Gasteiger partial charge in [-0.05, 0) is 192 Å². The molecular formula is C80H150Na2O33Zn. The molecule has 36 heteroatoms. The summed E-state index contributed by atoms with van der Waals surface area (Å²) in [6.45, 7) is 45.9. The third-order valence-electron chi connectivity index (χ3n) is 15.2. The Morgan fingerprint density at radius 1 is 0.259 bits per heavy atom. The molecule has 9 unspecified atom stereocenters. The average molecular weight is 1750 g/mol. The number of carboxylic acid groups (broad SMARTS) is 8. The number of ether oxygens (including phenoxy) is 13. The first-order valence-corrected chi connectivity index (χ1v) is 39.8. The second-order valence-electron chi connectivity index (χ2n) is 25.9. The van der Waals surface area contributed by atoms with Crippen molar-refractivity contribution in [1.82, 2.24) is 0 Å². The average Bonchev–Trinajstić information content (AvgIpc) is 0.956. The van der Waals surface area contributed by atoms with Gasteiger partial charge in [-0.1, -0.05) is 62.3 Å². The number of carboxylic acids is 8. The molecule has 0 saturated heterocycles. The van der Waals surface area contributed by atoms with E-state index in [1.54, 1.807) is 20.8 Å². The van der Waals surface area contributed by atoms with Crippen molar-refractivity contribution in [3.63, 3.8) is 0 Å². The number of esters is 4. The Hall–Kier alpha value is -4.10. The fourth-order valence-electron chi connectivity index (χ4n) is 6.99. The van der Waals surface area contributed by atoms with Gasteiger partial charge in [0.1, 0.15) is 13.2 Å². The Morgan fingerprint density at radius 3 is 0.776 bits per heavy atom. The Morgan fingerprint density at radius 2 is 0.509 bits per heavy atom. The first-order valence-electron chi connectivity index (χ1n) is 39.8. The smallest absolute Gasteiger partial charge is 0.550 e. The van der Waals surface area contributed by atoms with Gasteiger partial charge in [-0.2, -0.15) is 0 Å². The van der Waals surface area contributed by atoms with Crippen LogP contribution in [0.5, 0.6) is 0 Å². The molecule has 0 aromatic carbocycles. The van der Waals surface area contributed by atoms with E-state index in [9.17, 15) is 78.0 Å². The van der Waals surface area contributed by atoms with Gasteiger partial charge in [0.2, 0.25) is 0 Å². The van der Waals surface area contributed by atoms with Crippen LogP contribution < -0.4 is 79.5 Å². The van der Waals surface area contributed by atoms with E-state index < -0.39 is 59.6 Å². The fraction of sp³-hybridized carbons (Fsp3) is 0.850. The van der Waals surface area contributed by atoms with Crippen molar-refractivity contribution in [1.29, 1.82) is 0 Å². The van der Waals surface area contributed by atoms with Crippen LogP contribution in [-0.4, -0.2) is 233 Å². The summed E-state index contributed by atoms with van der Waals surface area (Å²) >= 11 is 0. The topological polar surface area (TPSA) is 498 Å². The summed E-state index contributed by atoms with van der Waals surface area (Å²) in [4.78, 5) is 126. The molecular weight excluding hydrogens is 1600 g/mol. The molecule has 0 saturated carbocycles. The molecule has 0 aliphatic rings. The zero-order valence-electron chi connectivity index (χ0n) is 75.3. The second kappa shape index (κ2) is 101. The molecule has 0 aromatic rings. The Bertz CT molecular complexity index is 2180. The molecule has 0 aliphatic heterocycles. The van der Waals surface area contributed by atoms with Crippen molar-refractivity contribution >= 4 is 71.6 Å². The first kappa shape index (κ1) is 138. The monoisotopic (exact) mass is 1750 g/mol. The maximum absolute atomic E-state index is 11.5. The summed E-state index contributed by atoms with van der Waals surface area (Å²) in [7, 11) is 0. The van der Waals surface area contributed by atoms with Crippen LogP contribution in [0.3, 0.4) is 0 Å². The van der Waals surface area contributed by atoms with E-state index in [4.69, 9.17) is 77.3 Å². The molecule has 0 spiro atoms.